The molecule has 7 nitrogen and oxygen atoms in total. The predicted molar refractivity (Wildman–Crippen MR) is 98.6 cm³/mol. The van der Waals surface area contributed by atoms with Crippen LogP contribution in [-0.2, 0) is 14.3 Å². The number of hydrogen-bond acceptors (Lipinski definition) is 5. The van der Waals surface area contributed by atoms with Crippen molar-refractivity contribution in [3.63, 3.8) is 0 Å². The largest absolute Gasteiger partial charge is 0.444 e. The molecule has 2 aromatic carbocycles. The van der Waals surface area contributed by atoms with Gasteiger partial charge in [0.25, 0.3) is 5.91 Å². The van der Waals surface area contributed by atoms with Crippen molar-refractivity contribution in [3.05, 3.63) is 65.7 Å². The lowest BCUT2D eigenvalue weighted by molar-refractivity contribution is -0.138. The molecule has 0 aliphatic rings. The first-order valence-corrected chi connectivity index (χ1v) is 8.16. The van der Waals surface area contributed by atoms with Gasteiger partial charge in [0, 0.05) is 25.3 Å². The Balaban J connectivity index is 2.14. The summed E-state index contributed by atoms with van der Waals surface area (Å²) in [6.07, 6.45) is -1.31. The fourth-order valence-electron chi connectivity index (χ4n) is 2.27. The van der Waals surface area contributed by atoms with Gasteiger partial charge in [0.05, 0.1) is 11.6 Å². The van der Waals surface area contributed by atoms with Gasteiger partial charge in [0.1, 0.15) is 6.42 Å². The number of amides is 2. The molecule has 138 valence electrons. The molecule has 0 aromatic heterocycles. The number of carbonyl (C=O) groups is 3. The Kier molecular flexibility index (Phi) is 6.67. The third-order valence-corrected chi connectivity index (χ3v) is 3.64. The van der Waals surface area contributed by atoms with E-state index in [1.54, 1.807) is 44.4 Å². The molecular formula is C20H19N3O4. The van der Waals surface area contributed by atoms with E-state index < -0.39 is 18.0 Å². The molecule has 0 saturated heterocycles. The first-order valence-electron chi connectivity index (χ1n) is 8.16. The van der Waals surface area contributed by atoms with E-state index in [0.717, 1.165) is 0 Å². The second-order valence-corrected chi connectivity index (χ2v) is 5.89. The van der Waals surface area contributed by atoms with Crippen molar-refractivity contribution in [1.82, 2.24) is 4.90 Å². The highest BCUT2D eigenvalue weighted by Crippen LogP contribution is 2.22. The molecule has 2 aromatic rings. The number of nitriles is 1. The lowest BCUT2D eigenvalue weighted by Gasteiger charge is -2.21. The molecule has 1 atom stereocenters. The number of benzene rings is 2. The number of anilines is 1. The van der Waals surface area contributed by atoms with Gasteiger partial charge in [-0.25, -0.2) is 4.79 Å². The molecule has 27 heavy (non-hydrogen) atoms. The van der Waals surface area contributed by atoms with Gasteiger partial charge in [-0.2, -0.15) is 5.26 Å². The van der Waals surface area contributed by atoms with Crippen molar-refractivity contribution in [2.75, 3.05) is 19.4 Å². The van der Waals surface area contributed by atoms with Gasteiger partial charge >= 0.3 is 5.97 Å². The maximum atomic E-state index is 12.5. The number of ether oxygens (including phenoxy) is 1. The van der Waals surface area contributed by atoms with Crippen molar-refractivity contribution in [2.45, 2.75) is 12.5 Å². The molecule has 1 N–H and O–H groups in total. The molecule has 2 amide bonds. The van der Waals surface area contributed by atoms with Gasteiger partial charge in [0.2, 0.25) is 12.0 Å². The molecule has 0 unspecified atom stereocenters. The van der Waals surface area contributed by atoms with Crippen molar-refractivity contribution in [1.29, 1.82) is 5.26 Å². The second kappa shape index (κ2) is 9.15. The van der Waals surface area contributed by atoms with Crippen LogP contribution >= 0.6 is 0 Å². The quantitative estimate of drug-likeness (QED) is 0.793. The fourth-order valence-corrected chi connectivity index (χ4v) is 2.27. The number of esters is 1. The average Bonchev–Trinajstić information content (AvgIpc) is 2.66. The second-order valence-electron chi connectivity index (χ2n) is 5.89. The highest BCUT2D eigenvalue weighted by molar-refractivity contribution is 5.95. The first-order chi connectivity index (χ1) is 12.9. The van der Waals surface area contributed by atoms with Crippen molar-refractivity contribution in [3.8, 4) is 6.07 Å². The molecule has 0 aliphatic carbocycles. The smallest absolute Gasteiger partial charge is 0.339 e. The lowest BCUT2D eigenvalue weighted by atomic mass is 10.1. The third kappa shape index (κ3) is 5.41. The Morgan fingerprint density at radius 1 is 1.07 bits per heavy atom. The molecule has 0 aliphatic heterocycles. The van der Waals surface area contributed by atoms with Crippen LogP contribution in [0.2, 0.25) is 0 Å². The van der Waals surface area contributed by atoms with E-state index >= 15 is 0 Å². The van der Waals surface area contributed by atoms with Crippen LogP contribution in [0.25, 0.3) is 0 Å². The fraction of sp³-hybridized carbons (Fsp3) is 0.200. The lowest BCUT2D eigenvalue weighted by Crippen LogP contribution is -2.31. The summed E-state index contributed by atoms with van der Waals surface area (Å²) < 4.78 is 5.44. The van der Waals surface area contributed by atoms with Gasteiger partial charge in [-0.3, -0.25) is 9.59 Å². The monoisotopic (exact) mass is 365 g/mol. The van der Waals surface area contributed by atoms with Crippen LogP contribution in [0.5, 0.6) is 0 Å². The van der Waals surface area contributed by atoms with Crippen LogP contribution in [0.1, 0.15) is 28.4 Å². The van der Waals surface area contributed by atoms with E-state index in [4.69, 9.17) is 10.00 Å². The van der Waals surface area contributed by atoms with E-state index in [-0.39, 0.29) is 17.9 Å². The summed E-state index contributed by atoms with van der Waals surface area (Å²) in [5.74, 6) is -1.45. The van der Waals surface area contributed by atoms with Crippen LogP contribution < -0.4 is 5.32 Å². The van der Waals surface area contributed by atoms with Crippen LogP contribution in [-0.4, -0.2) is 36.8 Å². The Labute approximate surface area is 157 Å². The summed E-state index contributed by atoms with van der Waals surface area (Å²) in [6, 6.07) is 16.5. The summed E-state index contributed by atoms with van der Waals surface area (Å²) >= 11 is 0. The normalized spacial score (nSPS) is 11.0. The zero-order chi connectivity index (χ0) is 19.8. The molecule has 2 rings (SSSR count). The molecule has 0 spiro atoms. The Morgan fingerprint density at radius 2 is 1.70 bits per heavy atom. The molecule has 0 radical (unpaired) electrons. The van der Waals surface area contributed by atoms with Crippen LogP contribution in [0.4, 0.5) is 5.69 Å². The first kappa shape index (κ1) is 19.7. The number of rotatable bonds is 6. The van der Waals surface area contributed by atoms with E-state index in [1.807, 2.05) is 6.07 Å². The van der Waals surface area contributed by atoms with Gasteiger partial charge in [0.15, 0.2) is 0 Å². The number of nitrogens with one attached hydrogen (secondary N) is 1. The topological polar surface area (TPSA) is 99.5 Å². The molecule has 0 fully saturated rings. The zero-order valence-electron chi connectivity index (χ0n) is 15.0. The van der Waals surface area contributed by atoms with E-state index in [0.29, 0.717) is 11.3 Å². The average molecular weight is 365 g/mol. The summed E-state index contributed by atoms with van der Waals surface area (Å²) in [5.41, 5.74) is 1.27. The standard InChI is InChI=1S/C20H19N3O4/c1-23(2)19(25)18(14-6-4-3-5-7-14)27-20(26)15-8-10-16(11-9-15)22-17(24)12-13-21/h3-11,18H,12H2,1-2H3,(H,22,24)/t18-/m0/s1. The maximum absolute atomic E-state index is 12.5. The Morgan fingerprint density at radius 3 is 2.26 bits per heavy atom. The minimum atomic E-state index is -1.05. The minimum absolute atomic E-state index is 0.237. The molecule has 0 saturated carbocycles. The summed E-state index contributed by atoms with van der Waals surface area (Å²) in [4.78, 5) is 37.7. The van der Waals surface area contributed by atoms with Crippen LogP contribution in [0, 0.1) is 11.3 Å². The van der Waals surface area contributed by atoms with Gasteiger partial charge in [-0.15, -0.1) is 0 Å². The highest BCUT2D eigenvalue weighted by atomic mass is 16.5. The number of nitrogens with zero attached hydrogens (tertiary/aromatic N) is 2. The molecule has 0 heterocycles. The van der Waals surface area contributed by atoms with Gasteiger partial charge in [-0.05, 0) is 24.3 Å². The molecule has 7 heteroatoms. The molecule has 0 bridgehead atoms. The van der Waals surface area contributed by atoms with E-state index in [1.165, 1.54) is 29.2 Å². The number of carbonyl (C=O) groups excluding carboxylic acids is 3. The third-order valence-electron chi connectivity index (χ3n) is 3.64. The highest BCUT2D eigenvalue weighted by Gasteiger charge is 2.26. The van der Waals surface area contributed by atoms with Crippen molar-refractivity contribution >= 4 is 23.5 Å². The van der Waals surface area contributed by atoms with Gasteiger partial charge < -0.3 is 15.0 Å². The summed E-state index contributed by atoms with van der Waals surface area (Å²) in [6.45, 7) is 0. The van der Waals surface area contributed by atoms with Crippen LogP contribution in [0.3, 0.4) is 0 Å². The SMILES string of the molecule is CN(C)C(=O)[C@@H](OC(=O)c1ccc(NC(=O)CC#N)cc1)c1ccccc1. The van der Waals surface area contributed by atoms with Crippen molar-refractivity contribution < 1.29 is 19.1 Å². The number of likely N-dealkylation sites (N-methyl/N-ethyl adjacent to an activating group) is 1. The number of hydrogen-bond donors (Lipinski definition) is 1. The van der Waals surface area contributed by atoms with Crippen molar-refractivity contribution in [2.24, 2.45) is 0 Å². The summed E-state index contributed by atoms with van der Waals surface area (Å²) in [5, 5.41) is 11.0. The Bertz CT molecular complexity index is 855. The van der Waals surface area contributed by atoms with Crippen LogP contribution in [0.15, 0.2) is 54.6 Å². The predicted octanol–water partition coefficient (Wildman–Crippen LogP) is 2.53. The summed E-state index contributed by atoms with van der Waals surface area (Å²) in [7, 11) is 3.18. The van der Waals surface area contributed by atoms with E-state index in [9.17, 15) is 14.4 Å². The minimum Gasteiger partial charge on any atom is -0.444 e. The van der Waals surface area contributed by atoms with E-state index in [2.05, 4.69) is 5.32 Å². The molecular weight excluding hydrogens is 346 g/mol. The zero-order valence-corrected chi connectivity index (χ0v) is 15.0. The Hall–Kier alpha value is -3.66. The van der Waals surface area contributed by atoms with Gasteiger partial charge in [-0.1, -0.05) is 30.3 Å². The maximum Gasteiger partial charge on any atom is 0.339 e.